The van der Waals surface area contributed by atoms with Gasteiger partial charge in [0, 0.05) is 13.1 Å². The molecule has 0 radical (unpaired) electrons. The van der Waals surface area contributed by atoms with E-state index in [2.05, 4.69) is 33.9 Å². The van der Waals surface area contributed by atoms with Gasteiger partial charge in [-0.25, -0.2) is 13.6 Å². The molecular weight excluding hydrogens is 344 g/mol. The molecule has 1 aromatic rings. The SMILES string of the molecule is CC(C)(C)[Si](C)(C)Oc1cccc(S(N)(=O)=O)c1N1CCOCC1. The van der Waals surface area contributed by atoms with Gasteiger partial charge in [0.15, 0.2) is 0 Å². The molecule has 0 aromatic heterocycles. The molecule has 0 saturated carbocycles. The van der Waals surface area contributed by atoms with Gasteiger partial charge >= 0.3 is 0 Å². The van der Waals surface area contributed by atoms with Crippen molar-refractivity contribution in [1.82, 2.24) is 0 Å². The fourth-order valence-electron chi connectivity index (χ4n) is 2.34. The number of nitrogens with zero attached hydrogens (tertiary/aromatic N) is 1. The number of hydrogen-bond acceptors (Lipinski definition) is 5. The zero-order valence-electron chi connectivity index (χ0n) is 15.1. The van der Waals surface area contributed by atoms with Crippen LogP contribution in [0.5, 0.6) is 5.75 Å². The molecule has 2 N–H and O–H groups in total. The van der Waals surface area contributed by atoms with E-state index in [-0.39, 0.29) is 9.93 Å². The first-order valence-electron chi connectivity index (χ1n) is 8.11. The lowest BCUT2D eigenvalue weighted by atomic mass is 10.2. The molecule has 0 aliphatic carbocycles. The molecule has 0 bridgehead atoms. The minimum absolute atomic E-state index is 0.00682. The van der Waals surface area contributed by atoms with Gasteiger partial charge in [-0.3, -0.25) is 0 Å². The summed E-state index contributed by atoms with van der Waals surface area (Å²) in [6, 6.07) is 5.06. The van der Waals surface area contributed by atoms with Crippen molar-refractivity contribution >= 4 is 24.0 Å². The molecule has 2 rings (SSSR count). The molecule has 6 nitrogen and oxygen atoms in total. The Morgan fingerprint density at radius 1 is 1.21 bits per heavy atom. The van der Waals surface area contributed by atoms with Crippen LogP contribution in [0.2, 0.25) is 18.1 Å². The third-order valence-electron chi connectivity index (χ3n) is 4.77. The van der Waals surface area contributed by atoms with E-state index in [1.807, 2.05) is 11.0 Å². The minimum atomic E-state index is -3.84. The lowest BCUT2D eigenvalue weighted by Crippen LogP contribution is -2.45. The van der Waals surface area contributed by atoms with Gasteiger partial charge in [0.05, 0.1) is 18.9 Å². The Kier molecular flexibility index (Phi) is 5.34. The Labute approximate surface area is 146 Å². The lowest BCUT2D eigenvalue weighted by molar-refractivity contribution is 0.122. The number of ether oxygens (including phenoxy) is 1. The summed E-state index contributed by atoms with van der Waals surface area (Å²) < 4.78 is 36.0. The van der Waals surface area contributed by atoms with Crippen molar-refractivity contribution in [2.75, 3.05) is 31.2 Å². The molecule has 1 aromatic carbocycles. The number of sulfonamides is 1. The third kappa shape index (κ3) is 4.11. The Balaban J connectivity index is 2.55. The van der Waals surface area contributed by atoms with Crippen molar-refractivity contribution in [3.63, 3.8) is 0 Å². The monoisotopic (exact) mass is 372 g/mol. The molecule has 1 heterocycles. The normalized spacial score (nSPS) is 17.0. The Morgan fingerprint density at radius 3 is 2.29 bits per heavy atom. The number of anilines is 1. The molecule has 0 unspecified atom stereocenters. The molecule has 0 amide bonds. The number of morpholine rings is 1. The second-order valence-corrected chi connectivity index (χ2v) is 13.9. The molecular formula is C16H28N2O4SSi. The van der Waals surface area contributed by atoms with E-state index in [9.17, 15) is 8.42 Å². The number of hydrogen-bond donors (Lipinski definition) is 1. The number of para-hydroxylation sites is 1. The zero-order valence-corrected chi connectivity index (χ0v) is 16.9. The summed E-state index contributed by atoms with van der Waals surface area (Å²) in [5.41, 5.74) is 0.563. The van der Waals surface area contributed by atoms with Crippen LogP contribution in [0.15, 0.2) is 23.1 Å². The standard InChI is InChI=1S/C16H28N2O4SSi/c1-16(2,3)24(4,5)22-13-7-6-8-14(23(17,19)20)15(13)18-9-11-21-12-10-18/h6-8H,9-12H2,1-5H3,(H2,17,19,20). The van der Waals surface area contributed by atoms with Crippen LogP contribution in [0.3, 0.4) is 0 Å². The number of nitrogens with two attached hydrogens (primary N) is 1. The van der Waals surface area contributed by atoms with Gasteiger partial charge in [0.1, 0.15) is 10.6 Å². The van der Waals surface area contributed by atoms with Crippen LogP contribution in [0.25, 0.3) is 0 Å². The Hall–Kier alpha value is -1.09. The van der Waals surface area contributed by atoms with Gasteiger partial charge in [-0.2, -0.15) is 0 Å². The highest BCUT2D eigenvalue weighted by atomic mass is 32.2. The summed E-state index contributed by atoms with van der Waals surface area (Å²) in [6.45, 7) is 13.1. The van der Waals surface area contributed by atoms with E-state index in [4.69, 9.17) is 14.3 Å². The highest BCUT2D eigenvalue weighted by Crippen LogP contribution is 2.42. The summed E-state index contributed by atoms with van der Waals surface area (Å²) in [5, 5.41) is 5.46. The van der Waals surface area contributed by atoms with Crippen LogP contribution in [-0.2, 0) is 14.8 Å². The van der Waals surface area contributed by atoms with Crippen molar-refractivity contribution < 1.29 is 17.6 Å². The Morgan fingerprint density at radius 2 is 1.79 bits per heavy atom. The maximum atomic E-state index is 12.1. The average molecular weight is 373 g/mol. The van der Waals surface area contributed by atoms with Crippen LogP contribution in [-0.4, -0.2) is 43.0 Å². The van der Waals surface area contributed by atoms with Gasteiger partial charge in [-0.05, 0) is 30.3 Å². The van der Waals surface area contributed by atoms with Gasteiger partial charge in [0.2, 0.25) is 10.0 Å². The van der Waals surface area contributed by atoms with Crippen LogP contribution >= 0.6 is 0 Å². The molecule has 1 fully saturated rings. The van der Waals surface area contributed by atoms with Gasteiger partial charge < -0.3 is 14.1 Å². The maximum absolute atomic E-state index is 12.1. The predicted molar refractivity (Wildman–Crippen MR) is 98.7 cm³/mol. The predicted octanol–water partition coefficient (Wildman–Crippen LogP) is 2.55. The van der Waals surface area contributed by atoms with Gasteiger partial charge in [-0.15, -0.1) is 0 Å². The van der Waals surface area contributed by atoms with E-state index in [1.165, 1.54) is 0 Å². The van der Waals surface area contributed by atoms with E-state index in [0.717, 1.165) is 0 Å². The second-order valence-electron chi connectivity index (χ2n) is 7.61. The molecule has 0 spiro atoms. The van der Waals surface area contributed by atoms with Crippen molar-refractivity contribution in [3.05, 3.63) is 18.2 Å². The fourth-order valence-corrected chi connectivity index (χ4v) is 4.13. The van der Waals surface area contributed by atoms with Gasteiger partial charge in [0.25, 0.3) is 8.32 Å². The Bertz CT molecular complexity index is 693. The minimum Gasteiger partial charge on any atom is -0.542 e. The van der Waals surface area contributed by atoms with Crippen LogP contribution in [0.1, 0.15) is 20.8 Å². The summed E-state index contributed by atoms with van der Waals surface area (Å²) in [5.74, 6) is 0.593. The van der Waals surface area contributed by atoms with E-state index < -0.39 is 18.3 Å². The summed E-state index contributed by atoms with van der Waals surface area (Å²) in [4.78, 5) is 2.10. The summed E-state index contributed by atoms with van der Waals surface area (Å²) in [6.07, 6.45) is 0. The average Bonchev–Trinajstić information content (AvgIpc) is 2.45. The summed E-state index contributed by atoms with van der Waals surface area (Å²) >= 11 is 0. The topological polar surface area (TPSA) is 81.9 Å². The summed E-state index contributed by atoms with van der Waals surface area (Å²) in [7, 11) is -5.96. The second kappa shape index (κ2) is 6.66. The first kappa shape index (κ1) is 19.2. The molecule has 8 heteroatoms. The van der Waals surface area contributed by atoms with Gasteiger partial charge in [-0.1, -0.05) is 26.8 Å². The van der Waals surface area contributed by atoms with Crippen molar-refractivity contribution in [1.29, 1.82) is 0 Å². The number of primary sulfonamides is 1. The first-order valence-corrected chi connectivity index (χ1v) is 12.6. The first-order chi connectivity index (χ1) is 10.9. The van der Waals surface area contributed by atoms with Crippen LogP contribution < -0.4 is 14.5 Å². The largest absolute Gasteiger partial charge is 0.542 e. The van der Waals surface area contributed by atoms with E-state index in [0.29, 0.717) is 37.7 Å². The lowest BCUT2D eigenvalue weighted by Gasteiger charge is -2.39. The molecule has 136 valence electrons. The fraction of sp³-hybridized carbons (Fsp3) is 0.625. The molecule has 1 aliphatic rings. The molecule has 24 heavy (non-hydrogen) atoms. The molecule has 0 atom stereocenters. The highest BCUT2D eigenvalue weighted by molar-refractivity contribution is 7.89. The van der Waals surface area contributed by atoms with E-state index in [1.54, 1.807) is 12.1 Å². The van der Waals surface area contributed by atoms with Crippen molar-refractivity contribution in [2.24, 2.45) is 5.14 Å². The van der Waals surface area contributed by atoms with Crippen molar-refractivity contribution in [3.8, 4) is 5.75 Å². The highest BCUT2D eigenvalue weighted by Gasteiger charge is 2.40. The van der Waals surface area contributed by atoms with Crippen LogP contribution in [0, 0.1) is 0 Å². The van der Waals surface area contributed by atoms with Crippen LogP contribution in [0.4, 0.5) is 5.69 Å². The molecule has 1 aliphatic heterocycles. The number of benzene rings is 1. The number of rotatable bonds is 4. The van der Waals surface area contributed by atoms with Crippen molar-refractivity contribution in [2.45, 2.75) is 43.8 Å². The van der Waals surface area contributed by atoms with E-state index >= 15 is 0 Å². The molecule has 1 saturated heterocycles. The zero-order chi connectivity index (χ0) is 18.2. The maximum Gasteiger partial charge on any atom is 0.250 e. The third-order valence-corrected chi connectivity index (χ3v) is 10.1. The smallest absolute Gasteiger partial charge is 0.250 e. The quantitative estimate of drug-likeness (QED) is 0.822.